The summed E-state index contributed by atoms with van der Waals surface area (Å²) < 4.78 is 44.1. The summed E-state index contributed by atoms with van der Waals surface area (Å²) in [5.74, 6) is 0.389. The number of hydrogen-bond acceptors (Lipinski definition) is 6. The Morgan fingerprint density at radius 2 is 1.82 bits per heavy atom. The molecule has 9 nitrogen and oxygen atoms in total. The van der Waals surface area contributed by atoms with Crippen LogP contribution in [-0.4, -0.2) is 40.5 Å². The number of aromatic nitrogens is 6. The smallest absolute Gasteiger partial charge is 0.342 e. The van der Waals surface area contributed by atoms with Gasteiger partial charge in [0.25, 0.3) is 0 Å². The molecule has 2 N–H and O–H groups in total. The number of aryl methyl sites for hydroxylation is 2. The summed E-state index contributed by atoms with van der Waals surface area (Å²) in [6, 6.07) is 5.18. The minimum Gasteiger partial charge on any atom is -0.342 e. The van der Waals surface area contributed by atoms with Crippen LogP contribution in [0, 0.1) is 19.8 Å². The van der Waals surface area contributed by atoms with E-state index in [-0.39, 0.29) is 11.4 Å². The Bertz CT molecular complexity index is 1570. The van der Waals surface area contributed by atoms with Crippen molar-refractivity contribution >= 4 is 17.5 Å². The summed E-state index contributed by atoms with van der Waals surface area (Å²) in [5.41, 5.74) is -0.428. The molecule has 0 saturated carbocycles. The van der Waals surface area contributed by atoms with E-state index in [9.17, 15) is 18.0 Å². The minimum absolute atomic E-state index is 0.0335. The van der Waals surface area contributed by atoms with Crippen LogP contribution in [0.25, 0.3) is 11.5 Å². The largest absolute Gasteiger partial charge is 0.416 e. The van der Waals surface area contributed by atoms with Gasteiger partial charge in [0.15, 0.2) is 0 Å². The lowest BCUT2D eigenvalue weighted by atomic mass is 9.90. The molecule has 0 atom stereocenters. The van der Waals surface area contributed by atoms with Gasteiger partial charge in [0, 0.05) is 36.2 Å². The molecule has 1 aliphatic carbocycles. The Morgan fingerprint density at radius 1 is 1.05 bits per heavy atom. The molecule has 3 heterocycles. The molecule has 0 aliphatic heterocycles. The van der Waals surface area contributed by atoms with E-state index in [0.29, 0.717) is 17.6 Å². The lowest BCUT2D eigenvalue weighted by Gasteiger charge is -2.28. The maximum Gasteiger partial charge on any atom is 0.416 e. The van der Waals surface area contributed by atoms with Gasteiger partial charge in [0.1, 0.15) is 18.0 Å². The van der Waals surface area contributed by atoms with Gasteiger partial charge in [0.2, 0.25) is 11.9 Å². The van der Waals surface area contributed by atoms with Crippen molar-refractivity contribution in [1.82, 2.24) is 29.1 Å². The molecule has 12 heteroatoms. The number of nitrogens with zero attached hydrogens (tertiary/aromatic N) is 6. The van der Waals surface area contributed by atoms with Gasteiger partial charge in [-0.2, -0.15) is 18.2 Å². The van der Waals surface area contributed by atoms with Crippen LogP contribution in [0.3, 0.4) is 0 Å². The molecule has 1 amide bonds. The van der Waals surface area contributed by atoms with E-state index in [1.54, 1.807) is 60.6 Å². The third-order valence-corrected chi connectivity index (χ3v) is 6.22. The van der Waals surface area contributed by atoms with E-state index >= 15 is 0 Å². The molecular formula is C27H25F3N8O. The lowest BCUT2D eigenvalue weighted by molar-refractivity contribution is -0.137. The van der Waals surface area contributed by atoms with Crippen molar-refractivity contribution in [2.75, 3.05) is 10.6 Å². The second kappa shape index (κ2) is 9.86. The first kappa shape index (κ1) is 25.9. The predicted molar refractivity (Wildman–Crippen MR) is 140 cm³/mol. The quantitative estimate of drug-likeness (QED) is 0.336. The molecule has 39 heavy (non-hydrogen) atoms. The Balaban J connectivity index is 1.31. The zero-order valence-corrected chi connectivity index (χ0v) is 21.3. The van der Waals surface area contributed by atoms with Crippen LogP contribution in [0.5, 0.6) is 0 Å². The number of imidazole rings is 2. The fraction of sp³-hybridized carbons (Fsp3) is 0.222. The standard InChI is InChI=1S/C27H25F3N8O/c1-17-15-37(16-33-17)23-6-9-32-25(35-23)36-26(3)7-4-19(5-8-26)24(39)34-21-12-20(27(28,29)30)13-22(14-21)38-11-10-31-18(38)2/h4-16,19H,1-3H3,(H,34,39)(H,32,35,36). The van der Waals surface area contributed by atoms with Gasteiger partial charge >= 0.3 is 6.18 Å². The van der Waals surface area contributed by atoms with Crippen molar-refractivity contribution in [3.63, 3.8) is 0 Å². The molecule has 0 radical (unpaired) electrons. The van der Waals surface area contributed by atoms with Crippen molar-refractivity contribution in [2.45, 2.75) is 32.5 Å². The predicted octanol–water partition coefficient (Wildman–Crippen LogP) is 5.04. The molecule has 1 aliphatic rings. The number of rotatable bonds is 6. The van der Waals surface area contributed by atoms with Crippen LogP contribution in [0.4, 0.5) is 24.8 Å². The van der Waals surface area contributed by atoms with Gasteiger partial charge in [-0.25, -0.2) is 15.0 Å². The second-order valence-electron chi connectivity index (χ2n) is 9.41. The topological polar surface area (TPSA) is 103 Å². The number of carbonyl (C=O) groups is 1. The van der Waals surface area contributed by atoms with Gasteiger partial charge in [-0.15, -0.1) is 0 Å². The summed E-state index contributed by atoms with van der Waals surface area (Å²) in [6.45, 7) is 5.45. The molecule has 5 rings (SSSR count). The monoisotopic (exact) mass is 534 g/mol. The number of amides is 1. The summed E-state index contributed by atoms with van der Waals surface area (Å²) in [4.78, 5) is 30.1. The molecule has 3 aromatic heterocycles. The molecule has 200 valence electrons. The highest BCUT2D eigenvalue weighted by Crippen LogP contribution is 2.33. The molecule has 0 saturated heterocycles. The van der Waals surface area contributed by atoms with Gasteiger partial charge in [-0.05, 0) is 45.0 Å². The average molecular weight is 535 g/mol. The maximum atomic E-state index is 13.6. The number of anilines is 2. The number of carbonyl (C=O) groups excluding carboxylic acids is 1. The number of benzene rings is 1. The molecule has 0 unspecified atom stereocenters. The molecular weight excluding hydrogens is 509 g/mol. The molecule has 1 aromatic carbocycles. The van der Waals surface area contributed by atoms with Crippen molar-refractivity contribution in [1.29, 1.82) is 0 Å². The molecule has 0 bridgehead atoms. The second-order valence-corrected chi connectivity index (χ2v) is 9.41. The zero-order chi connectivity index (χ0) is 27.8. The SMILES string of the molecule is Cc1cn(-c2ccnc(NC3(C)C=CC(C(=O)Nc4cc(-n5ccnc5C)cc(C(F)(F)F)c4)C=C3)n2)cn1. The average Bonchev–Trinajstić information content (AvgIpc) is 3.51. The highest BCUT2D eigenvalue weighted by Gasteiger charge is 2.32. The minimum atomic E-state index is -4.59. The summed E-state index contributed by atoms with van der Waals surface area (Å²) in [6.07, 6.45) is 10.6. The van der Waals surface area contributed by atoms with Gasteiger partial charge in [0.05, 0.1) is 22.7 Å². The number of hydrogen-bond donors (Lipinski definition) is 2. The van der Waals surface area contributed by atoms with E-state index in [2.05, 4.69) is 30.6 Å². The summed E-state index contributed by atoms with van der Waals surface area (Å²) >= 11 is 0. The lowest BCUT2D eigenvalue weighted by Crippen LogP contribution is -2.34. The zero-order valence-electron chi connectivity index (χ0n) is 21.3. The Morgan fingerprint density at radius 3 is 2.46 bits per heavy atom. The normalized spacial score (nSPS) is 18.8. The fourth-order valence-corrected chi connectivity index (χ4v) is 4.19. The highest BCUT2D eigenvalue weighted by molar-refractivity contribution is 5.95. The molecule has 4 aromatic rings. The van der Waals surface area contributed by atoms with Crippen LogP contribution >= 0.6 is 0 Å². The van der Waals surface area contributed by atoms with E-state index in [1.165, 1.54) is 16.8 Å². The van der Waals surface area contributed by atoms with Gasteiger partial charge in [-0.3, -0.25) is 9.36 Å². The van der Waals surface area contributed by atoms with Crippen LogP contribution in [0.1, 0.15) is 24.0 Å². The van der Waals surface area contributed by atoms with Crippen molar-refractivity contribution in [3.05, 3.63) is 96.8 Å². The van der Waals surface area contributed by atoms with Crippen LogP contribution in [-0.2, 0) is 11.0 Å². The Hall–Kier alpha value is -4.74. The van der Waals surface area contributed by atoms with Crippen LogP contribution in [0.2, 0.25) is 0 Å². The summed E-state index contributed by atoms with van der Waals surface area (Å²) in [7, 11) is 0. The van der Waals surface area contributed by atoms with Crippen molar-refractivity contribution in [2.24, 2.45) is 5.92 Å². The number of alkyl halides is 3. The van der Waals surface area contributed by atoms with Crippen LogP contribution in [0.15, 0.2) is 79.7 Å². The number of halogens is 3. The van der Waals surface area contributed by atoms with Gasteiger partial charge in [-0.1, -0.05) is 24.3 Å². The van der Waals surface area contributed by atoms with E-state index < -0.39 is 29.1 Å². The summed E-state index contributed by atoms with van der Waals surface area (Å²) in [5, 5.41) is 5.86. The fourth-order valence-electron chi connectivity index (χ4n) is 4.19. The third-order valence-electron chi connectivity index (χ3n) is 6.22. The van der Waals surface area contributed by atoms with E-state index in [4.69, 9.17) is 0 Å². The Labute approximate surface area is 222 Å². The highest BCUT2D eigenvalue weighted by atomic mass is 19.4. The Kier molecular flexibility index (Phi) is 6.54. The first-order valence-corrected chi connectivity index (χ1v) is 12.0. The van der Waals surface area contributed by atoms with E-state index in [1.807, 2.05) is 20.0 Å². The van der Waals surface area contributed by atoms with Crippen LogP contribution < -0.4 is 10.6 Å². The third kappa shape index (κ3) is 5.74. The van der Waals surface area contributed by atoms with Crippen molar-refractivity contribution < 1.29 is 18.0 Å². The van der Waals surface area contributed by atoms with Gasteiger partial charge < -0.3 is 15.2 Å². The van der Waals surface area contributed by atoms with Crippen molar-refractivity contribution in [3.8, 4) is 11.5 Å². The number of nitrogens with one attached hydrogen (secondary N) is 2. The first-order valence-electron chi connectivity index (χ1n) is 12.0. The van der Waals surface area contributed by atoms with E-state index in [0.717, 1.165) is 17.8 Å². The molecule has 0 fully saturated rings. The molecule has 0 spiro atoms. The first-order chi connectivity index (χ1) is 18.5. The maximum absolute atomic E-state index is 13.6.